The van der Waals surface area contributed by atoms with Gasteiger partial charge in [-0.05, 0) is 17.7 Å². The summed E-state index contributed by atoms with van der Waals surface area (Å²) in [5, 5.41) is 2.88. The van der Waals surface area contributed by atoms with Crippen LogP contribution in [-0.2, 0) is 4.79 Å². The molecule has 0 aliphatic heterocycles. The summed E-state index contributed by atoms with van der Waals surface area (Å²) in [6, 6.07) is 19.3. The normalized spacial score (nSPS) is 13.6. The molecule has 2 nitrogen and oxygen atoms in total. The summed E-state index contributed by atoms with van der Waals surface area (Å²) in [6.45, 7) is 0. The van der Waals surface area contributed by atoms with Crippen LogP contribution in [-0.4, -0.2) is 10.7 Å². The number of carbonyl (C=O) groups is 1. The molecular weight excluding hydrogens is 370 g/mol. The van der Waals surface area contributed by atoms with Gasteiger partial charge < -0.3 is 5.32 Å². The Balaban J connectivity index is 2.03. The van der Waals surface area contributed by atoms with E-state index in [0.29, 0.717) is 0 Å². The summed E-state index contributed by atoms with van der Waals surface area (Å²) >= 11 is 7.00. The van der Waals surface area contributed by atoms with E-state index in [4.69, 9.17) is 0 Å². The number of hydrogen-bond acceptors (Lipinski definition) is 1. The Kier molecular flexibility index (Phi) is 5.16. The molecule has 2 rings (SSSR count). The van der Waals surface area contributed by atoms with Crippen molar-refractivity contribution in [3.63, 3.8) is 0 Å². The molecule has 4 heteroatoms. The molecule has 0 saturated carbocycles. The van der Waals surface area contributed by atoms with Crippen LogP contribution < -0.4 is 5.32 Å². The minimum atomic E-state index is -0.338. The van der Waals surface area contributed by atoms with Crippen molar-refractivity contribution in [3.8, 4) is 0 Å². The first-order valence-electron chi connectivity index (χ1n) is 5.87. The Hall–Kier alpha value is -1.13. The van der Waals surface area contributed by atoms with Crippen LogP contribution in [0.4, 0.5) is 5.69 Å². The van der Waals surface area contributed by atoms with Crippen LogP contribution >= 0.6 is 31.9 Å². The van der Waals surface area contributed by atoms with Crippen LogP contribution in [0.5, 0.6) is 0 Å². The van der Waals surface area contributed by atoms with Gasteiger partial charge in [0.15, 0.2) is 0 Å². The SMILES string of the molecule is O=C(Nc1ccccc1)[C@H](Br)[C@@H](Br)c1ccccc1. The maximum Gasteiger partial charge on any atom is 0.239 e. The molecule has 2 atom stereocenters. The highest BCUT2D eigenvalue weighted by Gasteiger charge is 2.24. The zero-order chi connectivity index (χ0) is 13.7. The second kappa shape index (κ2) is 6.87. The van der Waals surface area contributed by atoms with Gasteiger partial charge in [0.1, 0.15) is 4.83 Å². The molecule has 0 saturated heterocycles. The molecule has 98 valence electrons. The van der Waals surface area contributed by atoms with Gasteiger partial charge in [0.25, 0.3) is 0 Å². The van der Waals surface area contributed by atoms with Crippen molar-refractivity contribution in [2.45, 2.75) is 9.65 Å². The molecule has 0 radical (unpaired) electrons. The maximum atomic E-state index is 12.1. The number of hydrogen-bond donors (Lipinski definition) is 1. The molecule has 2 aromatic carbocycles. The van der Waals surface area contributed by atoms with Gasteiger partial charge in [0.05, 0.1) is 4.83 Å². The fourth-order valence-electron chi connectivity index (χ4n) is 1.67. The van der Waals surface area contributed by atoms with Gasteiger partial charge in [0.2, 0.25) is 5.91 Å². The monoisotopic (exact) mass is 381 g/mol. The minimum absolute atomic E-state index is 0.0718. The third-order valence-electron chi connectivity index (χ3n) is 2.67. The fraction of sp³-hybridized carbons (Fsp3) is 0.133. The first-order valence-corrected chi connectivity index (χ1v) is 7.70. The lowest BCUT2D eigenvalue weighted by atomic mass is 10.1. The van der Waals surface area contributed by atoms with Crippen molar-refractivity contribution in [2.24, 2.45) is 0 Å². The van der Waals surface area contributed by atoms with E-state index in [-0.39, 0.29) is 15.6 Å². The zero-order valence-electron chi connectivity index (χ0n) is 10.1. The summed E-state index contributed by atoms with van der Waals surface area (Å²) < 4.78 is 0. The van der Waals surface area contributed by atoms with Gasteiger partial charge in [-0.2, -0.15) is 0 Å². The molecule has 0 aromatic heterocycles. The van der Waals surface area contributed by atoms with Crippen LogP contribution in [0, 0.1) is 0 Å². The Labute approximate surface area is 129 Å². The van der Waals surface area contributed by atoms with Crippen LogP contribution in [0.15, 0.2) is 60.7 Å². The zero-order valence-corrected chi connectivity index (χ0v) is 13.3. The largest absolute Gasteiger partial charge is 0.325 e. The van der Waals surface area contributed by atoms with Gasteiger partial charge in [-0.1, -0.05) is 80.4 Å². The van der Waals surface area contributed by atoms with Gasteiger partial charge in [-0.25, -0.2) is 0 Å². The van der Waals surface area contributed by atoms with Gasteiger partial charge >= 0.3 is 0 Å². The Bertz CT molecular complexity index is 530. The van der Waals surface area contributed by atoms with Crippen LogP contribution in [0.3, 0.4) is 0 Å². The molecule has 1 N–H and O–H groups in total. The predicted molar refractivity (Wildman–Crippen MR) is 85.9 cm³/mol. The number of rotatable bonds is 4. The molecule has 0 heterocycles. The number of alkyl halides is 2. The maximum absolute atomic E-state index is 12.1. The predicted octanol–water partition coefficient (Wildman–Crippen LogP) is 4.52. The molecule has 0 aliphatic rings. The molecule has 2 aromatic rings. The molecule has 1 amide bonds. The summed E-state index contributed by atoms with van der Waals surface area (Å²) in [4.78, 5) is 11.7. The van der Waals surface area contributed by atoms with E-state index in [0.717, 1.165) is 11.3 Å². The second-order valence-corrected chi connectivity index (χ2v) is 6.04. The molecule has 0 fully saturated rings. The van der Waals surface area contributed by atoms with E-state index in [1.54, 1.807) is 0 Å². The number of nitrogens with one attached hydrogen (secondary N) is 1. The first-order chi connectivity index (χ1) is 9.18. The number of para-hydroxylation sites is 1. The highest BCUT2D eigenvalue weighted by molar-refractivity contribution is 9.12. The van der Waals surface area contributed by atoms with Crippen LogP contribution in [0.25, 0.3) is 0 Å². The Morgan fingerprint density at radius 3 is 2.00 bits per heavy atom. The average molecular weight is 383 g/mol. The van der Waals surface area contributed by atoms with Crippen molar-refractivity contribution < 1.29 is 4.79 Å². The van der Waals surface area contributed by atoms with E-state index >= 15 is 0 Å². The molecule has 19 heavy (non-hydrogen) atoms. The molecule has 0 bridgehead atoms. The minimum Gasteiger partial charge on any atom is -0.325 e. The van der Waals surface area contributed by atoms with Crippen LogP contribution in [0.1, 0.15) is 10.4 Å². The van der Waals surface area contributed by atoms with E-state index in [1.807, 2.05) is 60.7 Å². The van der Waals surface area contributed by atoms with E-state index in [9.17, 15) is 4.79 Å². The second-order valence-electron chi connectivity index (χ2n) is 4.07. The fourth-order valence-corrected chi connectivity index (χ4v) is 2.64. The van der Waals surface area contributed by atoms with Crippen molar-refractivity contribution in [1.82, 2.24) is 0 Å². The molecule has 0 spiro atoms. The van der Waals surface area contributed by atoms with Crippen molar-refractivity contribution in [2.75, 3.05) is 5.32 Å². The van der Waals surface area contributed by atoms with E-state index in [2.05, 4.69) is 37.2 Å². The summed E-state index contributed by atoms with van der Waals surface area (Å²) in [5.74, 6) is -0.0723. The number of carbonyl (C=O) groups excluding carboxylic acids is 1. The van der Waals surface area contributed by atoms with Crippen molar-refractivity contribution in [1.29, 1.82) is 0 Å². The highest BCUT2D eigenvalue weighted by atomic mass is 79.9. The number of anilines is 1. The van der Waals surface area contributed by atoms with E-state index < -0.39 is 0 Å². The number of halogens is 2. The number of benzene rings is 2. The van der Waals surface area contributed by atoms with Gasteiger partial charge in [-0.15, -0.1) is 0 Å². The smallest absolute Gasteiger partial charge is 0.239 e. The third-order valence-corrected chi connectivity index (χ3v) is 5.38. The van der Waals surface area contributed by atoms with E-state index in [1.165, 1.54) is 0 Å². The molecule has 0 unspecified atom stereocenters. The lowest BCUT2D eigenvalue weighted by molar-refractivity contribution is -0.115. The Morgan fingerprint density at radius 1 is 0.895 bits per heavy atom. The van der Waals surface area contributed by atoms with Crippen LogP contribution in [0.2, 0.25) is 0 Å². The standard InChI is InChI=1S/C15H13Br2NO/c16-13(11-7-3-1-4-8-11)14(17)15(19)18-12-9-5-2-6-10-12/h1-10,13-14H,(H,18,19)/t13-,14+/m0/s1. The summed E-state index contributed by atoms with van der Waals surface area (Å²) in [7, 11) is 0. The lowest BCUT2D eigenvalue weighted by Gasteiger charge is -2.17. The topological polar surface area (TPSA) is 29.1 Å². The molecule has 0 aliphatic carbocycles. The van der Waals surface area contributed by atoms with Gasteiger partial charge in [-0.3, -0.25) is 4.79 Å². The summed E-state index contributed by atoms with van der Waals surface area (Å²) in [5.41, 5.74) is 1.86. The summed E-state index contributed by atoms with van der Waals surface area (Å²) in [6.07, 6.45) is 0. The quantitative estimate of drug-likeness (QED) is 0.773. The molecular formula is C15H13Br2NO. The highest BCUT2D eigenvalue weighted by Crippen LogP contribution is 2.31. The van der Waals surface area contributed by atoms with Crippen molar-refractivity contribution in [3.05, 3.63) is 66.2 Å². The van der Waals surface area contributed by atoms with Gasteiger partial charge in [0, 0.05) is 5.69 Å². The average Bonchev–Trinajstić information content (AvgIpc) is 2.47. The third kappa shape index (κ3) is 3.91. The number of amides is 1. The lowest BCUT2D eigenvalue weighted by Crippen LogP contribution is -2.26. The Morgan fingerprint density at radius 2 is 1.42 bits per heavy atom. The first kappa shape index (κ1) is 14.3. The van der Waals surface area contributed by atoms with Crippen molar-refractivity contribution >= 4 is 43.5 Å².